The van der Waals surface area contributed by atoms with Crippen molar-refractivity contribution in [2.45, 2.75) is 19.8 Å². The molecule has 0 unspecified atom stereocenters. The highest BCUT2D eigenvalue weighted by Crippen LogP contribution is 2.17. The van der Waals surface area contributed by atoms with Gasteiger partial charge in [0.25, 0.3) is 0 Å². The maximum Gasteiger partial charge on any atom is 0.232 e. The molecule has 0 aliphatic carbocycles. The lowest BCUT2D eigenvalue weighted by molar-refractivity contribution is 0.597. The normalized spacial score (nSPS) is 11.4. The van der Waals surface area contributed by atoms with Crippen LogP contribution < -0.4 is 10.5 Å². The second-order valence-electron chi connectivity index (χ2n) is 3.51. The Morgan fingerprint density at radius 3 is 2.69 bits per heavy atom. The maximum absolute atomic E-state index is 12.8. The SMILES string of the molecule is CCCCS(=O)(=O)Nc1ccc(F)c(N)c1. The summed E-state index contributed by atoms with van der Waals surface area (Å²) >= 11 is 0. The number of nitrogens with two attached hydrogens (primary N) is 1. The smallest absolute Gasteiger partial charge is 0.232 e. The molecule has 0 fully saturated rings. The Labute approximate surface area is 94.7 Å². The van der Waals surface area contributed by atoms with Gasteiger partial charge in [-0.15, -0.1) is 0 Å². The van der Waals surface area contributed by atoms with Crippen LogP contribution in [0.1, 0.15) is 19.8 Å². The van der Waals surface area contributed by atoms with Gasteiger partial charge < -0.3 is 5.73 Å². The second-order valence-corrected chi connectivity index (χ2v) is 5.35. The Morgan fingerprint density at radius 1 is 1.44 bits per heavy atom. The van der Waals surface area contributed by atoms with Gasteiger partial charge in [-0.3, -0.25) is 4.72 Å². The molecule has 0 saturated carbocycles. The summed E-state index contributed by atoms with van der Waals surface area (Å²) in [4.78, 5) is 0. The fourth-order valence-electron chi connectivity index (χ4n) is 1.17. The number of hydrogen-bond acceptors (Lipinski definition) is 3. The largest absolute Gasteiger partial charge is 0.396 e. The second kappa shape index (κ2) is 5.16. The molecule has 4 nitrogen and oxygen atoms in total. The zero-order valence-electron chi connectivity index (χ0n) is 9.03. The summed E-state index contributed by atoms with van der Waals surface area (Å²) in [6.07, 6.45) is 1.39. The summed E-state index contributed by atoms with van der Waals surface area (Å²) in [6.45, 7) is 1.91. The van der Waals surface area contributed by atoms with Crippen LogP contribution in [0.15, 0.2) is 18.2 Å². The number of nitrogens with one attached hydrogen (secondary N) is 1. The van der Waals surface area contributed by atoms with Crippen LogP contribution in [0.4, 0.5) is 15.8 Å². The van der Waals surface area contributed by atoms with Gasteiger partial charge in [0.1, 0.15) is 5.82 Å². The number of unbranched alkanes of at least 4 members (excludes halogenated alkanes) is 1. The van der Waals surface area contributed by atoms with Gasteiger partial charge in [-0.05, 0) is 24.6 Å². The number of benzene rings is 1. The van der Waals surface area contributed by atoms with Crippen LogP contribution in [-0.4, -0.2) is 14.2 Å². The first-order valence-electron chi connectivity index (χ1n) is 5.00. The highest BCUT2D eigenvalue weighted by atomic mass is 32.2. The fraction of sp³-hybridized carbons (Fsp3) is 0.400. The van der Waals surface area contributed by atoms with Crippen molar-refractivity contribution < 1.29 is 12.8 Å². The van der Waals surface area contributed by atoms with E-state index in [9.17, 15) is 12.8 Å². The van der Waals surface area contributed by atoms with E-state index >= 15 is 0 Å². The molecule has 1 aromatic carbocycles. The van der Waals surface area contributed by atoms with E-state index in [0.717, 1.165) is 12.5 Å². The van der Waals surface area contributed by atoms with Crippen LogP contribution in [0.5, 0.6) is 0 Å². The molecular formula is C10H15FN2O2S. The molecule has 0 spiro atoms. The molecule has 0 bridgehead atoms. The van der Waals surface area contributed by atoms with Crippen LogP contribution in [0, 0.1) is 5.82 Å². The van der Waals surface area contributed by atoms with Crippen LogP contribution >= 0.6 is 0 Å². The van der Waals surface area contributed by atoms with Crippen molar-refractivity contribution in [3.05, 3.63) is 24.0 Å². The lowest BCUT2D eigenvalue weighted by Gasteiger charge is -2.08. The molecule has 0 atom stereocenters. The van der Waals surface area contributed by atoms with Gasteiger partial charge in [-0.25, -0.2) is 12.8 Å². The molecule has 6 heteroatoms. The van der Waals surface area contributed by atoms with Crippen LogP contribution in [-0.2, 0) is 10.0 Å². The van der Waals surface area contributed by atoms with Gasteiger partial charge in [0.05, 0.1) is 17.1 Å². The summed E-state index contributed by atoms with van der Waals surface area (Å²) in [5.41, 5.74) is 5.54. The molecule has 1 rings (SSSR count). The summed E-state index contributed by atoms with van der Waals surface area (Å²) < 4.78 is 38.2. The van der Waals surface area contributed by atoms with Crippen molar-refractivity contribution in [2.75, 3.05) is 16.2 Å². The van der Waals surface area contributed by atoms with Gasteiger partial charge in [0.2, 0.25) is 10.0 Å². The maximum atomic E-state index is 12.8. The molecule has 0 radical (unpaired) electrons. The molecule has 16 heavy (non-hydrogen) atoms. The van der Waals surface area contributed by atoms with Crippen molar-refractivity contribution in [1.82, 2.24) is 0 Å². The van der Waals surface area contributed by atoms with Gasteiger partial charge in [0, 0.05) is 0 Å². The minimum atomic E-state index is -3.35. The molecule has 0 aliphatic heterocycles. The first-order chi connectivity index (χ1) is 7.44. The van der Waals surface area contributed by atoms with Gasteiger partial charge in [0.15, 0.2) is 0 Å². The van der Waals surface area contributed by atoms with Crippen LogP contribution in [0.2, 0.25) is 0 Å². The van der Waals surface area contributed by atoms with Gasteiger partial charge in [-0.1, -0.05) is 13.3 Å². The summed E-state index contributed by atoms with van der Waals surface area (Å²) in [7, 11) is -3.35. The lowest BCUT2D eigenvalue weighted by atomic mass is 10.3. The van der Waals surface area contributed by atoms with Crippen molar-refractivity contribution in [2.24, 2.45) is 0 Å². The monoisotopic (exact) mass is 246 g/mol. The third-order valence-electron chi connectivity index (χ3n) is 2.04. The van der Waals surface area contributed by atoms with Crippen molar-refractivity contribution >= 4 is 21.4 Å². The summed E-state index contributed by atoms with van der Waals surface area (Å²) in [5, 5.41) is 0. The van der Waals surface area contributed by atoms with Gasteiger partial charge in [-0.2, -0.15) is 0 Å². The Hall–Kier alpha value is -1.30. The molecular weight excluding hydrogens is 231 g/mol. The Morgan fingerprint density at radius 2 is 2.12 bits per heavy atom. The van der Waals surface area contributed by atoms with E-state index in [1.54, 1.807) is 0 Å². The van der Waals surface area contributed by atoms with E-state index in [0.29, 0.717) is 6.42 Å². The van der Waals surface area contributed by atoms with Crippen LogP contribution in [0.25, 0.3) is 0 Å². The number of hydrogen-bond donors (Lipinski definition) is 2. The first-order valence-corrected chi connectivity index (χ1v) is 6.65. The van der Waals surface area contributed by atoms with Crippen molar-refractivity contribution in [1.29, 1.82) is 0 Å². The third kappa shape index (κ3) is 3.69. The van der Waals surface area contributed by atoms with E-state index < -0.39 is 15.8 Å². The minimum Gasteiger partial charge on any atom is -0.396 e. The van der Waals surface area contributed by atoms with E-state index in [4.69, 9.17) is 5.73 Å². The summed E-state index contributed by atoms with van der Waals surface area (Å²) in [5.74, 6) is -0.502. The Bertz CT molecular complexity index is 460. The van der Waals surface area contributed by atoms with E-state index in [-0.39, 0.29) is 17.1 Å². The Kier molecular flexibility index (Phi) is 4.12. The first kappa shape index (κ1) is 12.8. The molecule has 0 aromatic heterocycles. The number of rotatable bonds is 5. The van der Waals surface area contributed by atoms with Crippen molar-refractivity contribution in [3.63, 3.8) is 0 Å². The molecule has 0 aliphatic rings. The summed E-state index contributed by atoms with van der Waals surface area (Å²) in [6, 6.07) is 3.74. The minimum absolute atomic E-state index is 0.0563. The molecule has 90 valence electrons. The standard InChI is InChI=1S/C10H15FN2O2S/c1-2-3-6-16(14,15)13-8-4-5-9(11)10(12)7-8/h4-5,7,13H,2-3,6,12H2,1H3. The van der Waals surface area contributed by atoms with Gasteiger partial charge >= 0.3 is 0 Å². The topological polar surface area (TPSA) is 72.2 Å². The average Bonchev–Trinajstić information content (AvgIpc) is 2.20. The van der Waals surface area contributed by atoms with Crippen molar-refractivity contribution in [3.8, 4) is 0 Å². The molecule has 1 aromatic rings. The molecule has 0 amide bonds. The molecule has 3 N–H and O–H groups in total. The fourth-order valence-corrected chi connectivity index (χ4v) is 2.43. The lowest BCUT2D eigenvalue weighted by Crippen LogP contribution is -2.16. The predicted molar refractivity (Wildman–Crippen MR) is 63.1 cm³/mol. The average molecular weight is 246 g/mol. The van der Waals surface area contributed by atoms with E-state index in [2.05, 4.69) is 4.72 Å². The molecule has 0 saturated heterocycles. The predicted octanol–water partition coefficient (Wildman–Crippen LogP) is 1.95. The van der Waals surface area contributed by atoms with E-state index in [1.165, 1.54) is 12.1 Å². The number of sulfonamides is 1. The highest BCUT2D eigenvalue weighted by molar-refractivity contribution is 7.92. The number of anilines is 2. The number of nitrogen functional groups attached to an aromatic ring is 1. The van der Waals surface area contributed by atoms with E-state index in [1.807, 2.05) is 6.92 Å². The number of halogens is 1. The van der Waals surface area contributed by atoms with Crippen LogP contribution in [0.3, 0.4) is 0 Å². The highest BCUT2D eigenvalue weighted by Gasteiger charge is 2.10. The quantitative estimate of drug-likeness (QED) is 0.780. The molecule has 0 heterocycles. The zero-order valence-corrected chi connectivity index (χ0v) is 9.85. The Balaban J connectivity index is 2.76. The zero-order chi connectivity index (χ0) is 12.2. The third-order valence-corrected chi connectivity index (χ3v) is 3.41.